The van der Waals surface area contributed by atoms with Crippen molar-refractivity contribution in [2.45, 2.75) is 38.0 Å². The molecule has 0 spiro atoms. The Morgan fingerprint density at radius 2 is 2.28 bits per heavy atom. The van der Waals surface area contributed by atoms with Gasteiger partial charge in [-0.1, -0.05) is 0 Å². The number of hydroxylamine groups is 3. The number of H-pyrrole nitrogens is 1. The number of aromatic nitrogens is 2. The van der Waals surface area contributed by atoms with Gasteiger partial charge in [-0.2, -0.15) is 13.5 Å². The van der Waals surface area contributed by atoms with Gasteiger partial charge in [-0.3, -0.25) is 14.2 Å². The van der Waals surface area contributed by atoms with E-state index < -0.39 is 40.5 Å². The number of imidazole rings is 1. The predicted molar refractivity (Wildman–Crippen MR) is 79.6 cm³/mol. The van der Waals surface area contributed by atoms with Crippen LogP contribution in [0.3, 0.4) is 0 Å². The molecule has 13 heteroatoms. The molecule has 2 unspecified atom stereocenters. The van der Waals surface area contributed by atoms with Crippen molar-refractivity contribution in [1.82, 2.24) is 25.4 Å². The highest BCUT2D eigenvalue weighted by atomic mass is 32.3. The zero-order valence-corrected chi connectivity index (χ0v) is 14.0. The molecule has 3 heterocycles. The Labute approximate surface area is 142 Å². The lowest BCUT2D eigenvalue weighted by Gasteiger charge is -2.29. The smallest absolute Gasteiger partial charge is 0.346 e. The minimum atomic E-state index is -4.82. The molecule has 2 aliphatic rings. The molecule has 3 N–H and O–H groups in total. The van der Waals surface area contributed by atoms with E-state index in [9.17, 15) is 18.0 Å². The standard InChI is InChI=1S/C12H17N5O7S/c1-7(9-4-13-6-14-9)23-15-11(18)10-3-2-8-5-16(10)12(19)17(8)24-25(20,21)22/h4,6-8,10H,2-3,5H2,1H3,(H,13,14)(H,15,18)(H,20,21,22)/t7?,8?,10-/m0/s1. The number of amides is 3. The first kappa shape index (κ1) is 17.6. The van der Waals surface area contributed by atoms with Crippen molar-refractivity contribution < 1.29 is 31.7 Å². The summed E-state index contributed by atoms with van der Waals surface area (Å²) in [5.41, 5.74) is 2.96. The van der Waals surface area contributed by atoms with Crippen LogP contribution >= 0.6 is 0 Å². The summed E-state index contributed by atoms with van der Waals surface area (Å²) in [6, 6.07) is -2.18. The molecule has 0 saturated carbocycles. The quantitative estimate of drug-likeness (QED) is 0.445. The maximum Gasteiger partial charge on any atom is 0.418 e. The molecule has 1 aromatic heterocycles. The third-order valence-electron chi connectivity index (χ3n) is 4.09. The van der Waals surface area contributed by atoms with Crippen molar-refractivity contribution in [1.29, 1.82) is 0 Å². The van der Waals surface area contributed by atoms with Crippen molar-refractivity contribution in [2.24, 2.45) is 0 Å². The van der Waals surface area contributed by atoms with Crippen LogP contribution in [-0.2, 0) is 24.3 Å². The average Bonchev–Trinajstić information content (AvgIpc) is 3.16. The summed E-state index contributed by atoms with van der Waals surface area (Å²) in [5.74, 6) is -0.535. The summed E-state index contributed by atoms with van der Waals surface area (Å²) >= 11 is 0. The van der Waals surface area contributed by atoms with Gasteiger partial charge in [0.2, 0.25) is 0 Å². The molecular formula is C12H17N5O7S. The fourth-order valence-corrected chi connectivity index (χ4v) is 3.26. The SMILES string of the molecule is CC(ONC(=O)[C@@H]1CCC2CN1C(=O)N2OS(=O)(=O)O)c1cnc[nH]1. The summed E-state index contributed by atoms with van der Waals surface area (Å²) in [5, 5.41) is 0.580. The van der Waals surface area contributed by atoms with E-state index in [0.717, 1.165) is 0 Å². The largest absolute Gasteiger partial charge is 0.418 e. The molecule has 12 nitrogen and oxygen atoms in total. The number of nitrogens with one attached hydrogen (secondary N) is 2. The zero-order chi connectivity index (χ0) is 18.2. The Kier molecular flexibility index (Phi) is 4.64. The summed E-state index contributed by atoms with van der Waals surface area (Å²) in [4.78, 5) is 37.7. The Hall–Kier alpha value is -2.22. The first-order valence-corrected chi connectivity index (χ1v) is 8.83. The van der Waals surface area contributed by atoms with E-state index in [0.29, 0.717) is 23.6 Å². The lowest BCUT2D eigenvalue weighted by Crippen LogP contribution is -2.49. The van der Waals surface area contributed by atoms with Gasteiger partial charge in [0.1, 0.15) is 12.1 Å². The van der Waals surface area contributed by atoms with Crippen molar-refractivity contribution in [3.05, 3.63) is 18.2 Å². The maximum absolute atomic E-state index is 12.3. The van der Waals surface area contributed by atoms with Crippen LogP contribution in [0.1, 0.15) is 31.6 Å². The Balaban J connectivity index is 1.60. The van der Waals surface area contributed by atoms with Gasteiger partial charge in [-0.25, -0.2) is 15.3 Å². The van der Waals surface area contributed by atoms with Gasteiger partial charge < -0.3 is 9.88 Å². The number of fused-ring (bicyclic) bond motifs is 2. The first-order valence-electron chi connectivity index (χ1n) is 7.47. The van der Waals surface area contributed by atoms with Crippen LogP contribution < -0.4 is 5.48 Å². The van der Waals surface area contributed by atoms with Crippen molar-refractivity contribution in [3.8, 4) is 0 Å². The molecule has 3 atom stereocenters. The van der Waals surface area contributed by atoms with Crippen LogP contribution in [0.25, 0.3) is 0 Å². The molecule has 2 saturated heterocycles. The Morgan fingerprint density at radius 1 is 1.52 bits per heavy atom. The third-order valence-corrected chi connectivity index (χ3v) is 4.44. The summed E-state index contributed by atoms with van der Waals surface area (Å²) < 4.78 is 34.7. The monoisotopic (exact) mass is 375 g/mol. The molecule has 0 radical (unpaired) electrons. The van der Waals surface area contributed by atoms with Crippen molar-refractivity contribution in [2.75, 3.05) is 6.54 Å². The summed E-state index contributed by atoms with van der Waals surface area (Å²) in [6.45, 7) is 1.82. The van der Waals surface area contributed by atoms with Crippen LogP contribution in [0.15, 0.2) is 12.5 Å². The summed E-state index contributed by atoms with van der Waals surface area (Å²) in [7, 11) is -4.82. The van der Waals surface area contributed by atoms with Crippen LogP contribution in [-0.4, -0.2) is 63.5 Å². The fourth-order valence-electron chi connectivity index (χ4n) is 2.87. The van der Waals surface area contributed by atoms with E-state index in [4.69, 9.17) is 9.39 Å². The maximum atomic E-state index is 12.3. The van der Waals surface area contributed by atoms with Gasteiger partial charge in [-0.05, 0) is 19.8 Å². The van der Waals surface area contributed by atoms with Gasteiger partial charge in [0.15, 0.2) is 0 Å². The lowest BCUT2D eigenvalue weighted by molar-refractivity contribution is -0.143. The van der Waals surface area contributed by atoms with Gasteiger partial charge in [0, 0.05) is 6.54 Å². The number of aromatic amines is 1. The van der Waals surface area contributed by atoms with Crippen LogP contribution in [0.2, 0.25) is 0 Å². The minimum absolute atomic E-state index is 0.114. The van der Waals surface area contributed by atoms with Crippen molar-refractivity contribution in [3.63, 3.8) is 0 Å². The molecular weight excluding hydrogens is 358 g/mol. The van der Waals surface area contributed by atoms with Gasteiger partial charge in [-0.15, -0.1) is 4.28 Å². The predicted octanol–water partition coefficient (Wildman–Crippen LogP) is -0.478. The van der Waals surface area contributed by atoms with Gasteiger partial charge in [0.25, 0.3) is 5.91 Å². The fraction of sp³-hybridized carbons (Fsp3) is 0.583. The van der Waals surface area contributed by atoms with Crippen molar-refractivity contribution >= 4 is 22.3 Å². The molecule has 3 rings (SSSR count). The first-order chi connectivity index (χ1) is 11.8. The van der Waals surface area contributed by atoms with E-state index >= 15 is 0 Å². The number of urea groups is 1. The number of piperidine rings is 1. The van der Waals surface area contributed by atoms with Crippen LogP contribution in [0, 0.1) is 0 Å². The second kappa shape index (κ2) is 6.59. The number of carbonyl (C=O) groups excluding carboxylic acids is 2. The van der Waals surface area contributed by atoms with E-state index in [1.54, 1.807) is 13.1 Å². The minimum Gasteiger partial charge on any atom is -0.346 e. The molecule has 1 aromatic rings. The van der Waals surface area contributed by atoms with E-state index in [1.807, 2.05) is 0 Å². The second-order valence-electron chi connectivity index (χ2n) is 5.74. The molecule has 138 valence electrons. The van der Waals surface area contributed by atoms with Gasteiger partial charge >= 0.3 is 16.4 Å². The van der Waals surface area contributed by atoms with Crippen LogP contribution in [0.5, 0.6) is 0 Å². The summed E-state index contributed by atoms with van der Waals surface area (Å²) in [6.07, 6.45) is 3.19. The molecule has 0 aliphatic carbocycles. The van der Waals surface area contributed by atoms with E-state index in [-0.39, 0.29) is 6.54 Å². The highest BCUT2D eigenvalue weighted by Gasteiger charge is 2.49. The highest BCUT2D eigenvalue weighted by molar-refractivity contribution is 7.80. The normalized spacial score (nSPS) is 24.5. The molecule has 2 bridgehead atoms. The number of nitrogens with zero attached hydrogens (tertiary/aromatic N) is 3. The lowest BCUT2D eigenvalue weighted by atomic mass is 10.0. The van der Waals surface area contributed by atoms with E-state index in [2.05, 4.69) is 19.7 Å². The Morgan fingerprint density at radius 3 is 2.92 bits per heavy atom. The zero-order valence-electron chi connectivity index (χ0n) is 13.2. The number of hydrogen-bond acceptors (Lipinski definition) is 7. The third kappa shape index (κ3) is 3.73. The number of hydrogen-bond donors (Lipinski definition) is 3. The van der Waals surface area contributed by atoms with Gasteiger partial charge in [0.05, 0.1) is 24.3 Å². The van der Waals surface area contributed by atoms with E-state index in [1.165, 1.54) is 11.2 Å². The molecule has 2 fully saturated rings. The highest BCUT2D eigenvalue weighted by Crippen LogP contribution is 2.30. The average molecular weight is 375 g/mol. The van der Waals surface area contributed by atoms with Crippen LogP contribution in [0.4, 0.5) is 4.79 Å². The second-order valence-corrected chi connectivity index (χ2v) is 6.75. The molecule has 2 aliphatic heterocycles. The molecule has 0 aromatic carbocycles. The number of carbonyl (C=O) groups is 2. The molecule has 3 amide bonds. The Bertz CT molecular complexity index is 752. The molecule has 25 heavy (non-hydrogen) atoms. The topological polar surface area (TPSA) is 154 Å². The number of rotatable bonds is 6.